The first kappa shape index (κ1) is 13.0. The van der Waals surface area contributed by atoms with Crippen LogP contribution >= 0.6 is 0 Å². The minimum atomic E-state index is -4.18. The van der Waals surface area contributed by atoms with Gasteiger partial charge in [0.2, 0.25) is 0 Å². The summed E-state index contributed by atoms with van der Waals surface area (Å²) >= 11 is 0. The standard InChI is InChI=1S/C10H8FN3O4S/c11-6-2-1-3-7(4-6)14-19(17,18)9-8(10(15)16)5-12-13-9/h1-5,14H,(H,12,13)(H,15,16). The molecule has 1 aromatic carbocycles. The number of aromatic carboxylic acids is 1. The molecule has 0 aliphatic heterocycles. The summed E-state index contributed by atoms with van der Waals surface area (Å²) in [6, 6.07) is 4.76. The fourth-order valence-corrected chi connectivity index (χ4v) is 2.53. The lowest BCUT2D eigenvalue weighted by Crippen LogP contribution is -2.16. The minimum absolute atomic E-state index is 0.0223. The Morgan fingerprint density at radius 2 is 2.16 bits per heavy atom. The van der Waals surface area contributed by atoms with Gasteiger partial charge in [0.05, 0.1) is 11.9 Å². The topological polar surface area (TPSA) is 112 Å². The van der Waals surface area contributed by atoms with Crippen molar-refractivity contribution in [3.63, 3.8) is 0 Å². The molecule has 0 spiro atoms. The number of aromatic nitrogens is 2. The van der Waals surface area contributed by atoms with Gasteiger partial charge < -0.3 is 5.11 Å². The highest BCUT2D eigenvalue weighted by Crippen LogP contribution is 2.18. The maximum atomic E-state index is 12.9. The number of carbonyl (C=O) groups is 1. The molecular weight excluding hydrogens is 277 g/mol. The van der Waals surface area contributed by atoms with Crippen molar-refractivity contribution in [1.82, 2.24) is 10.2 Å². The number of nitrogens with one attached hydrogen (secondary N) is 2. The summed E-state index contributed by atoms with van der Waals surface area (Å²) in [5, 5.41) is 13.7. The molecule has 9 heteroatoms. The number of hydrogen-bond acceptors (Lipinski definition) is 4. The first-order valence-electron chi connectivity index (χ1n) is 4.95. The molecule has 0 radical (unpaired) electrons. The Morgan fingerprint density at radius 3 is 2.79 bits per heavy atom. The fraction of sp³-hybridized carbons (Fsp3) is 0. The van der Waals surface area contributed by atoms with Crippen LogP contribution in [0.3, 0.4) is 0 Å². The highest BCUT2D eigenvalue weighted by molar-refractivity contribution is 7.92. The second-order valence-electron chi connectivity index (χ2n) is 3.53. The van der Waals surface area contributed by atoms with Crippen LogP contribution < -0.4 is 4.72 Å². The van der Waals surface area contributed by atoms with Crippen molar-refractivity contribution in [3.8, 4) is 0 Å². The Kier molecular flexibility index (Phi) is 3.21. The van der Waals surface area contributed by atoms with E-state index < -0.39 is 32.4 Å². The van der Waals surface area contributed by atoms with Crippen molar-refractivity contribution in [3.05, 3.63) is 41.8 Å². The van der Waals surface area contributed by atoms with Crippen molar-refractivity contribution in [2.24, 2.45) is 0 Å². The number of H-pyrrole nitrogens is 1. The molecule has 2 rings (SSSR count). The molecule has 0 fully saturated rings. The molecular formula is C10H8FN3O4S. The third-order valence-electron chi connectivity index (χ3n) is 2.18. The maximum absolute atomic E-state index is 12.9. The number of hydrogen-bond donors (Lipinski definition) is 3. The molecule has 19 heavy (non-hydrogen) atoms. The lowest BCUT2D eigenvalue weighted by molar-refractivity contribution is 0.0692. The molecule has 0 atom stereocenters. The Bertz CT molecular complexity index is 726. The molecule has 0 saturated carbocycles. The summed E-state index contributed by atoms with van der Waals surface area (Å²) in [6.45, 7) is 0. The van der Waals surface area contributed by atoms with E-state index in [0.717, 1.165) is 18.3 Å². The van der Waals surface area contributed by atoms with Gasteiger partial charge in [-0.05, 0) is 18.2 Å². The van der Waals surface area contributed by atoms with E-state index in [1.165, 1.54) is 12.1 Å². The van der Waals surface area contributed by atoms with Crippen LogP contribution in [0, 0.1) is 5.82 Å². The summed E-state index contributed by atoms with van der Waals surface area (Å²) in [5.74, 6) is -2.06. The molecule has 1 aromatic heterocycles. The summed E-state index contributed by atoms with van der Waals surface area (Å²) in [5.41, 5.74) is -0.519. The number of halogens is 1. The highest BCUT2D eigenvalue weighted by atomic mass is 32.2. The molecule has 0 bridgehead atoms. The molecule has 0 amide bonds. The van der Waals surface area contributed by atoms with Gasteiger partial charge in [0, 0.05) is 0 Å². The zero-order valence-electron chi connectivity index (χ0n) is 9.29. The van der Waals surface area contributed by atoms with Crippen molar-refractivity contribution in [2.75, 3.05) is 4.72 Å². The smallest absolute Gasteiger partial charge is 0.340 e. The lowest BCUT2D eigenvalue weighted by atomic mass is 10.3. The number of sulfonamides is 1. The van der Waals surface area contributed by atoms with Gasteiger partial charge in [0.25, 0.3) is 10.0 Å². The SMILES string of the molecule is O=C(O)c1cn[nH]c1S(=O)(=O)Nc1cccc(F)c1. The molecule has 7 nitrogen and oxygen atoms in total. The van der Waals surface area contributed by atoms with Gasteiger partial charge in [-0.2, -0.15) is 13.5 Å². The van der Waals surface area contributed by atoms with E-state index in [1.54, 1.807) is 0 Å². The third-order valence-corrected chi connectivity index (χ3v) is 3.53. The van der Waals surface area contributed by atoms with Gasteiger partial charge in [0.15, 0.2) is 5.03 Å². The number of nitrogens with zero attached hydrogens (tertiary/aromatic N) is 1. The monoisotopic (exact) mass is 285 g/mol. The van der Waals surface area contributed by atoms with E-state index in [2.05, 4.69) is 14.9 Å². The Hall–Kier alpha value is -2.42. The minimum Gasteiger partial charge on any atom is -0.478 e. The van der Waals surface area contributed by atoms with E-state index in [4.69, 9.17) is 5.11 Å². The summed E-state index contributed by atoms with van der Waals surface area (Å²) in [6.07, 6.45) is 0.877. The second-order valence-corrected chi connectivity index (χ2v) is 5.15. The number of aromatic amines is 1. The quantitative estimate of drug-likeness (QED) is 0.777. The number of carboxylic acid groups (broad SMARTS) is 1. The second kappa shape index (κ2) is 4.69. The highest BCUT2D eigenvalue weighted by Gasteiger charge is 2.24. The van der Waals surface area contributed by atoms with Crippen molar-refractivity contribution in [2.45, 2.75) is 5.03 Å². The van der Waals surface area contributed by atoms with E-state index in [1.807, 2.05) is 0 Å². The molecule has 2 aromatic rings. The van der Waals surface area contributed by atoms with E-state index >= 15 is 0 Å². The summed E-state index contributed by atoms with van der Waals surface area (Å²) < 4.78 is 38.9. The van der Waals surface area contributed by atoms with Crippen LogP contribution in [0.1, 0.15) is 10.4 Å². The predicted molar refractivity (Wildman–Crippen MR) is 62.8 cm³/mol. The molecule has 0 unspecified atom stereocenters. The van der Waals surface area contributed by atoms with Gasteiger partial charge in [-0.25, -0.2) is 9.18 Å². The average Bonchev–Trinajstić information content (AvgIpc) is 2.77. The van der Waals surface area contributed by atoms with Crippen LogP contribution in [-0.4, -0.2) is 29.7 Å². The van der Waals surface area contributed by atoms with E-state index in [0.29, 0.717) is 0 Å². The predicted octanol–water partition coefficient (Wildman–Crippen LogP) is 1.05. The zero-order chi connectivity index (χ0) is 14.0. The first-order chi connectivity index (χ1) is 8.90. The number of carboxylic acids is 1. The average molecular weight is 285 g/mol. The molecule has 1 heterocycles. The van der Waals surface area contributed by atoms with Crippen LogP contribution in [0.4, 0.5) is 10.1 Å². The lowest BCUT2D eigenvalue weighted by Gasteiger charge is -2.06. The maximum Gasteiger partial charge on any atom is 0.340 e. The Balaban J connectivity index is 2.38. The Labute approximate surface area is 107 Å². The van der Waals surface area contributed by atoms with Crippen molar-refractivity contribution < 1.29 is 22.7 Å². The van der Waals surface area contributed by atoms with Crippen LogP contribution in [0.2, 0.25) is 0 Å². The van der Waals surface area contributed by atoms with Crippen molar-refractivity contribution >= 4 is 21.7 Å². The zero-order valence-corrected chi connectivity index (χ0v) is 10.1. The van der Waals surface area contributed by atoms with Crippen LogP contribution in [0.5, 0.6) is 0 Å². The molecule has 3 N–H and O–H groups in total. The largest absolute Gasteiger partial charge is 0.478 e. The number of benzene rings is 1. The number of rotatable bonds is 4. The van der Waals surface area contributed by atoms with Crippen molar-refractivity contribution in [1.29, 1.82) is 0 Å². The van der Waals surface area contributed by atoms with Crippen LogP contribution in [0.25, 0.3) is 0 Å². The molecule has 0 saturated heterocycles. The van der Waals surface area contributed by atoms with Crippen LogP contribution in [0.15, 0.2) is 35.5 Å². The van der Waals surface area contributed by atoms with E-state index in [-0.39, 0.29) is 5.69 Å². The molecule has 0 aliphatic rings. The van der Waals surface area contributed by atoms with Crippen LogP contribution in [-0.2, 0) is 10.0 Å². The Morgan fingerprint density at radius 1 is 1.42 bits per heavy atom. The molecule has 100 valence electrons. The summed E-state index contributed by atoms with van der Waals surface area (Å²) in [7, 11) is -4.18. The van der Waals surface area contributed by atoms with Gasteiger partial charge in [-0.15, -0.1) is 0 Å². The number of anilines is 1. The molecule has 0 aliphatic carbocycles. The van der Waals surface area contributed by atoms with Gasteiger partial charge in [0.1, 0.15) is 11.4 Å². The summed E-state index contributed by atoms with van der Waals surface area (Å²) in [4.78, 5) is 10.8. The third kappa shape index (κ3) is 2.71. The van der Waals surface area contributed by atoms with Gasteiger partial charge >= 0.3 is 5.97 Å². The fourth-order valence-electron chi connectivity index (χ4n) is 1.39. The first-order valence-corrected chi connectivity index (χ1v) is 6.43. The van der Waals surface area contributed by atoms with Gasteiger partial charge in [-0.3, -0.25) is 9.82 Å². The van der Waals surface area contributed by atoms with Gasteiger partial charge in [-0.1, -0.05) is 6.07 Å². The normalized spacial score (nSPS) is 11.2. The van der Waals surface area contributed by atoms with E-state index in [9.17, 15) is 17.6 Å².